The van der Waals surface area contributed by atoms with Gasteiger partial charge in [-0.25, -0.2) is 0 Å². The first kappa shape index (κ1) is 34.7. The van der Waals surface area contributed by atoms with Crippen molar-refractivity contribution in [3.05, 3.63) is 21.3 Å². The summed E-state index contributed by atoms with van der Waals surface area (Å²) in [6, 6.07) is 3.50. The van der Waals surface area contributed by atoms with Gasteiger partial charge in [0.15, 0.2) is 0 Å². The van der Waals surface area contributed by atoms with E-state index in [1.54, 1.807) is 53.7 Å². The van der Waals surface area contributed by atoms with E-state index in [1.807, 2.05) is 18.8 Å². The Morgan fingerprint density at radius 2 is 1.28 bits per heavy atom. The van der Waals surface area contributed by atoms with E-state index in [9.17, 15) is 14.4 Å². The van der Waals surface area contributed by atoms with Crippen LogP contribution in [0.3, 0.4) is 0 Å². The van der Waals surface area contributed by atoms with Crippen LogP contribution < -0.4 is 9.47 Å². The molecule has 0 aromatic heterocycles. The molecule has 224 valence electrons. The molecule has 0 atom stereocenters. The number of amides is 2. The quantitative estimate of drug-likeness (QED) is 0.108. The van der Waals surface area contributed by atoms with Gasteiger partial charge in [0.05, 0.1) is 0 Å². The van der Waals surface area contributed by atoms with Crippen LogP contribution in [0.4, 0.5) is 9.59 Å². The molecule has 1 aromatic rings. The molecule has 0 fully saturated rings. The summed E-state index contributed by atoms with van der Waals surface area (Å²) in [5, 5.41) is 0. The summed E-state index contributed by atoms with van der Waals surface area (Å²) < 4.78 is 39.6. The molecular weight excluding hydrogens is 625 g/mol. The van der Waals surface area contributed by atoms with E-state index >= 15 is 0 Å². The van der Waals surface area contributed by atoms with Crippen LogP contribution >= 0.6 is 20.2 Å². The summed E-state index contributed by atoms with van der Waals surface area (Å²) in [6.45, 7) is 16.2. The Morgan fingerprint density at radius 3 is 1.69 bits per heavy atom. The molecule has 0 saturated carbocycles. The molecule has 0 heterocycles. The van der Waals surface area contributed by atoms with Gasteiger partial charge in [0.2, 0.25) is 0 Å². The van der Waals surface area contributed by atoms with Crippen LogP contribution in [0.1, 0.15) is 67.9 Å². The summed E-state index contributed by atoms with van der Waals surface area (Å²) >= 11 is -2.48. The number of benzene rings is 1. The third kappa shape index (κ3) is 13.5. The van der Waals surface area contributed by atoms with Crippen molar-refractivity contribution in [3.8, 4) is 11.5 Å². The van der Waals surface area contributed by atoms with Gasteiger partial charge in [0.1, 0.15) is 0 Å². The first-order chi connectivity index (χ1) is 18.1. The number of hydrogen-bond acceptors (Lipinski definition) is 10. The molecular formula is C27H44INO10. The monoisotopic (exact) mass is 669 g/mol. The zero-order chi connectivity index (χ0) is 29.8. The van der Waals surface area contributed by atoms with Gasteiger partial charge < -0.3 is 0 Å². The van der Waals surface area contributed by atoms with Crippen molar-refractivity contribution in [2.45, 2.75) is 79.9 Å². The fraction of sp³-hybridized carbons (Fsp3) is 0.667. The first-order valence-electron chi connectivity index (χ1n) is 12.7. The van der Waals surface area contributed by atoms with E-state index in [2.05, 4.69) is 0 Å². The van der Waals surface area contributed by atoms with Gasteiger partial charge in [-0.05, 0) is 0 Å². The number of halogens is 1. The summed E-state index contributed by atoms with van der Waals surface area (Å²) in [5.41, 5.74) is -0.920. The number of imide groups is 1. The minimum absolute atomic E-state index is 0.00313. The second-order valence-electron chi connectivity index (χ2n) is 10.3. The average Bonchev–Trinajstić information content (AvgIpc) is 2.77. The van der Waals surface area contributed by atoms with Crippen molar-refractivity contribution in [2.75, 3.05) is 38.3 Å². The molecule has 1 rings (SSSR count). The van der Waals surface area contributed by atoms with E-state index in [-0.39, 0.29) is 26.6 Å². The second kappa shape index (κ2) is 16.1. The molecule has 0 radical (unpaired) electrons. The van der Waals surface area contributed by atoms with Crippen LogP contribution in [0.5, 0.6) is 11.5 Å². The molecule has 11 nitrogen and oxygen atoms in total. The van der Waals surface area contributed by atoms with Crippen LogP contribution in [0.25, 0.3) is 0 Å². The third-order valence-electron chi connectivity index (χ3n) is 4.46. The molecule has 0 aliphatic rings. The Hall–Kier alpha value is -2.32. The van der Waals surface area contributed by atoms with Crippen molar-refractivity contribution in [1.82, 2.24) is 4.90 Å². The van der Waals surface area contributed by atoms with Crippen molar-refractivity contribution >= 4 is 38.4 Å². The zero-order valence-corrected chi connectivity index (χ0v) is 27.0. The minimum atomic E-state index is -2.48. The number of rotatable bonds is 13. The number of nitrogens with zero attached hydrogens (tertiary/aromatic N) is 1. The van der Waals surface area contributed by atoms with E-state index in [0.29, 0.717) is 24.7 Å². The molecule has 0 saturated heterocycles. The number of hydrogen-bond donors (Lipinski definition) is 0. The van der Waals surface area contributed by atoms with Crippen molar-refractivity contribution < 1.29 is 45.9 Å². The Balaban J connectivity index is 3.47. The van der Waals surface area contributed by atoms with Gasteiger partial charge in [-0.3, -0.25) is 0 Å². The predicted octanol–water partition coefficient (Wildman–Crippen LogP) is 5.93. The Labute approximate surface area is 239 Å². The standard InChI is InChI=1S/C27H44INO10/c1-11-33-17-35-22-15-20(21(28(10)39-19(3)30)16-23(22)36-18-34-12-2)13-14-29(24(31)37-26(4,5)6)25(32)38-27(7,8)9/h15-16H,11-14,17-18H2,1-10H3. The van der Waals surface area contributed by atoms with Crippen LogP contribution in [0.2, 0.25) is 0 Å². The fourth-order valence-electron chi connectivity index (χ4n) is 2.95. The molecule has 1 aromatic carbocycles. The van der Waals surface area contributed by atoms with Gasteiger partial charge in [-0.1, -0.05) is 0 Å². The molecule has 0 bridgehead atoms. The summed E-state index contributed by atoms with van der Waals surface area (Å²) in [6.07, 6.45) is -1.43. The van der Waals surface area contributed by atoms with Gasteiger partial charge in [-0.15, -0.1) is 0 Å². The van der Waals surface area contributed by atoms with E-state index in [0.717, 1.165) is 14.0 Å². The summed E-state index contributed by atoms with van der Waals surface area (Å²) in [5.74, 6) is 0.385. The van der Waals surface area contributed by atoms with E-state index < -0.39 is 49.6 Å². The van der Waals surface area contributed by atoms with Crippen molar-refractivity contribution in [2.24, 2.45) is 0 Å². The van der Waals surface area contributed by atoms with Crippen molar-refractivity contribution in [3.63, 3.8) is 0 Å². The molecule has 0 unspecified atom stereocenters. The molecule has 0 aliphatic carbocycles. The van der Waals surface area contributed by atoms with Crippen LogP contribution in [0, 0.1) is 3.57 Å². The molecule has 39 heavy (non-hydrogen) atoms. The molecule has 12 heteroatoms. The SMILES string of the molecule is CCOCOc1cc(CCN(C(=O)OC(C)(C)C)C(=O)OC(C)(C)C)c(I(C)OC(C)=O)cc1OCOCC. The first-order valence-corrected chi connectivity index (χ1v) is 16.8. The van der Waals surface area contributed by atoms with Crippen LogP contribution in [-0.4, -0.2) is 72.5 Å². The maximum absolute atomic E-state index is 13.0. The second-order valence-corrected chi connectivity index (χ2v) is 14.3. The Bertz CT molecular complexity index is 927. The molecule has 0 N–H and O–H groups in total. The predicted molar refractivity (Wildman–Crippen MR) is 154 cm³/mol. The van der Waals surface area contributed by atoms with Crippen LogP contribution in [-0.2, 0) is 33.2 Å². The summed E-state index contributed by atoms with van der Waals surface area (Å²) in [4.78, 5) is 40.5. The normalized spacial score (nSPS) is 11.9. The van der Waals surface area contributed by atoms with Crippen LogP contribution in [0.15, 0.2) is 12.1 Å². The molecule has 0 spiro atoms. The molecule has 2 amide bonds. The topological polar surface area (TPSA) is 119 Å². The van der Waals surface area contributed by atoms with Gasteiger partial charge >= 0.3 is 240 Å². The van der Waals surface area contributed by atoms with Crippen molar-refractivity contribution in [1.29, 1.82) is 0 Å². The van der Waals surface area contributed by atoms with Gasteiger partial charge in [-0.2, -0.15) is 0 Å². The average molecular weight is 670 g/mol. The zero-order valence-electron chi connectivity index (χ0n) is 24.8. The van der Waals surface area contributed by atoms with Gasteiger partial charge in [0.25, 0.3) is 0 Å². The Kier molecular flexibility index (Phi) is 14.3. The van der Waals surface area contributed by atoms with E-state index in [1.165, 1.54) is 6.92 Å². The number of carbonyl (C=O) groups excluding carboxylic acids is 3. The number of ether oxygens (including phenoxy) is 6. The van der Waals surface area contributed by atoms with E-state index in [4.69, 9.17) is 31.5 Å². The Morgan fingerprint density at radius 1 is 0.821 bits per heavy atom. The number of alkyl halides is 1. The molecule has 0 aliphatic heterocycles. The maximum atomic E-state index is 13.0. The third-order valence-corrected chi connectivity index (χ3v) is 8.38. The fourth-order valence-corrected chi connectivity index (χ4v) is 6.24. The summed E-state index contributed by atoms with van der Waals surface area (Å²) in [7, 11) is 0. The number of carbonyl (C=O) groups is 3. The van der Waals surface area contributed by atoms with Gasteiger partial charge in [0, 0.05) is 0 Å².